The Morgan fingerprint density at radius 3 is 2.62 bits per heavy atom. The highest BCUT2D eigenvalue weighted by Crippen LogP contribution is 2.29. The summed E-state index contributed by atoms with van der Waals surface area (Å²) in [6, 6.07) is 8.31. The van der Waals surface area contributed by atoms with Crippen LogP contribution in [0, 0.1) is 0 Å². The van der Waals surface area contributed by atoms with Gasteiger partial charge in [-0.1, -0.05) is 51.2 Å². The number of nitrogens with zero attached hydrogens (tertiary/aromatic N) is 2. The summed E-state index contributed by atoms with van der Waals surface area (Å²) in [6.45, 7) is 4.57. The van der Waals surface area contributed by atoms with Gasteiger partial charge < -0.3 is 15.4 Å². The van der Waals surface area contributed by atoms with Gasteiger partial charge in [-0.2, -0.15) is 5.11 Å². The van der Waals surface area contributed by atoms with Crippen molar-refractivity contribution in [1.29, 1.82) is 0 Å². The molecule has 29 heavy (non-hydrogen) atoms. The van der Waals surface area contributed by atoms with Crippen LogP contribution in [0.4, 0.5) is 0 Å². The molecule has 1 heterocycles. The van der Waals surface area contributed by atoms with Crippen molar-refractivity contribution in [2.45, 2.75) is 70.4 Å². The lowest BCUT2D eigenvalue weighted by molar-refractivity contribution is -0.114. The van der Waals surface area contributed by atoms with Gasteiger partial charge in [0.15, 0.2) is 0 Å². The summed E-state index contributed by atoms with van der Waals surface area (Å²) in [7, 11) is 0. The zero-order chi connectivity index (χ0) is 20.3. The number of unbranched alkanes of at least 4 members (excludes halogenated alkanes) is 2. The smallest absolute Gasteiger partial charge is 0.289 e. The van der Waals surface area contributed by atoms with Crippen molar-refractivity contribution in [2.24, 2.45) is 10.2 Å². The molecule has 158 valence electrons. The second-order valence-electron chi connectivity index (χ2n) is 7.90. The third-order valence-electron chi connectivity index (χ3n) is 5.55. The average Bonchev–Trinajstić information content (AvgIpc) is 2.76. The van der Waals surface area contributed by atoms with Crippen LogP contribution in [0.5, 0.6) is 5.75 Å². The lowest BCUT2D eigenvalue weighted by Crippen LogP contribution is -2.36. The molecule has 0 aromatic heterocycles. The van der Waals surface area contributed by atoms with Gasteiger partial charge in [-0.25, -0.2) is 0 Å². The highest BCUT2D eigenvalue weighted by Gasteiger charge is 2.21. The molecule has 1 atom stereocenters. The molecule has 1 aliphatic carbocycles. The molecule has 1 aromatic rings. The molecule has 2 aliphatic rings. The van der Waals surface area contributed by atoms with Crippen molar-refractivity contribution in [3.8, 4) is 5.75 Å². The van der Waals surface area contributed by atoms with Crippen LogP contribution in [-0.4, -0.2) is 31.6 Å². The number of ether oxygens (including phenoxy) is 1. The molecule has 1 fully saturated rings. The van der Waals surface area contributed by atoms with Crippen molar-refractivity contribution in [1.82, 2.24) is 10.6 Å². The number of hydrogen-bond donors (Lipinski definition) is 2. The van der Waals surface area contributed by atoms with Crippen LogP contribution in [0.1, 0.15) is 69.9 Å². The molecule has 0 radical (unpaired) electrons. The van der Waals surface area contributed by atoms with Gasteiger partial charge in [0, 0.05) is 30.9 Å². The van der Waals surface area contributed by atoms with Gasteiger partial charge in [0.05, 0.1) is 6.61 Å². The SMILES string of the molecule is CCCCCOc1ccc(C2N=NC(=O)C=C2NCCNC2CCCCC2)cc1. The number of benzene rings is 1. The summed E-state index contributed by atoms with van der Waals surface area (Å²) in [6.07, 6.45) is 11.6. The van der Waals surface area contributed by atoms with Crippen LogP contribution in [0.15, 0.2) is 46.3 Å². The Hall–Kier alpha value is -2.21. The van der Waals surface area contributed by atoms with Crippen LogP contribution < -0.4 is 15.4 Å². The normalized spacial score (nSPS) is 19.8. The highest BCUT2D eigenvalue weighted by molar-refractivity contribution is 5.89. The molecule has 1 aliphatic heterocycles. The Morgan fingerprint density at radius 1 is 1.07 bits per heavy atom. The van der Waals surface area contributed by atoms with E-state index in [9.17, 15) is 4.79 Å². The van der Waals surface area contributed by atoms with Crippen LogP contribution in [0.25, 0.3) is 0 Å². The van der Waals surface area contributed by atoms with Crippen LogP contribution in [0.2, 0.25) is 0 Å². The molecular formula is C23H34N4O2. The first kappa shape index (κ1) is 21.5. The maximum absolute atomic E-state index is 11.7. The minimum absolute atomic E-state index is 0.267. The number of nitrogens with one attached hydrogen (secondary N) is 2. The minimum Gasteiger partial charge on any atom is -0.494 e. The number of azo groups is 1. The number of carbonyl (C=O) groups is 1. The van der Waals surface area contributed by atoms with E-state index in [4.69, 9.17) is 4.74 Å². The summed E-state index contributed by atoms with van der Waals surface area (Å²) in [5.41, 5.74) is 1.81. The Balaban J connectivity index is 1.50. The minimum atomic E-state index is -0.306. The van der Waals surface area contributed by atoms with Gasteiger partial charge in [-0.05, 0) is 37.0 Å². The molecule has 1 aromatic carbocycles. The van der Waals surface area contributed by atoms with Crippen LogP contribution in [-0.2, 0) is 4.79 Å². The maximum atomic E-state index is 11.7. The van der Waals surface area contributed by atoms with Crippen molar-refractivity contribution < 1.29 is 9.53 Å². The van der Waals surface area contributed by atoms with Gasteiger partial charge in [-0.15, -0.1) is 5.11 Å². The maximum Gasteiger partial charge on any atom is 0.289 e. The predicted molar refractivity (Wildman–Crippen MR) is 115 cm³/mol. The largest absolute Gasteiger partial charge is 0.494 e. The van der Waals surface area contributed by atoms with E-state index in [1.807, 2.05) is 24.3 Å². The van der Waals surface area contributed by atoms with Crippen molar-refractivity contribution >= 4 is 5.91 Å². The lowest BCUT2D eigenvalue weighted by Gasteiger charge is -2.24. The first-order valence-electron chi connectivity index (χ1n) is 11.1. The first-order valence-corrected chi connectivity index (χ1v) is 11.1. The number of rotatable bonds is 11. The predicted octanol–water partition coefficient (Wildman–Crippen LogP) is 4.68. The third-order valence-corrected chi connectivity index (χ3v) is 5.55. The zero-order valence-corrected chi connectivity index (χ0v) is 17.5. The van der Waals surface area contributed by atoms with E-state index in [2.05, 4.69) is 27.8 Å². The standard InChI is InChI=1S/C23H34N4O2/c1-2-3-7-16-29-20-12-10-18(11-13-20)23-21(17-22(28)26-27-23)25-15-14-24-19-8-5-4-6-9-19/h10-13,17,19,23-25H,2-9,14-16H2,1H3. The molecule has 6 nitrogen and oxygen atoms in total. The van der Waals surface area contributed by atoms with E-state index in [0.29, 0.717) is 6.04 Å². The number of amides is 1. The molecule has 0 saturated heterocycles. The summed E-state index contributed by atoms with van der Waals surface area (Å²) in [5.74, 6) is 0.559. The van der Waals surface area contributed by atoms with Gasteiger partial charge in [0.25, 0.3) is 5.91 Å². The first-order chi connectivity index (χ1) is 14.3. The number of hydrogen-bond acceptors (Lipinski definition) is 5. The summed E-state index contributed by atoms with van der Waals surface area (Å²) in [4.78, 5) is 11.7. The van der Waals surface area contributed by atoms with Crippen LogP contribution >= 0.6 is 0 Å². The van der Waals surface area contributed by atoms with E-state index < -0.39 is 0 Å². The Labute approximate surface area is 174 Å². The highest BCUT2D eigenvalue weighted by atomic mass is 16.5. The second-order valence-corrected chi connectivity index (χ2v) is 7.90. The lowest BCUT2D eigenvalue weighted by atomic mass is 9.95. The Bertz CT molecular complexity index is 693. The summed E-state index contributed by atoms with van der Waals surface area (Å²) in [5, 5.41) is 15.0. The molecule has 3 rings (SSSR count). The van der Waals surface area contributed by atoms with E-state index in [1.54, 1.807) is 6.08 Å². The fraction of sp³-hybridized carbons (Fsp3) is 0.609. The monoisotopic (exact) mass is 398 g/mol. The Morgan fingerprint density at radius 2 is 1.86 bits per heavy atom. The fourth-order valence-corrected chi connectivity index (χ4v) is 3.89. The summed E-state index contributed by atoms with van der Waals surface area (Å²) < 4.78 is 5.78. The van der Waals surface area contributed by atoms with E-state index in [-0.39, 0.29) is 11.9 Å². The molecule has 1 amide bonds. The van der Waals surface area contributed by atoms with Gasteiger partial charge >= 0.3 is 0 Å². The molecule has 1 unspecified atom stereocenters. The number of carbonyl (C=O) groups excluding carboxylic acids is 1. The van der Waals surface area contributed by atoms with E-state index >= 15 is 0 Å². The Kier molecular flexibility index (Phi) is 8.68. The van der Waals surface area contributed by atoms with Crippen molar-refractivity contribution in [2.75, 3.05) is 19.7 Å². The van der Waals surface area contributed by atoms with E-state index in [0.717, 1.165) is 43.1 Å². The molecule has 6 heteroatoms. The fourth-order valence-electron chi connectivity index (χ4n) is 3.89. The molecule has 0 spiro atoms. The topological polar surface area (TPSA) is 75.1 Å². The van der Waals surface area contributed by atoms with Crippen LogP contribution in [0.3, 0.4) is 0 Å². The quantitative estimate of drug-likeness (QED) is 0.531. The van der Waals surface area contributed by atoms with Gasteiger partial charge in [0.1, 0.15) is 11.8 Å². The zero-order valence-electron chi connectivity index (χ0n) is 17.5. The summed E-state index contributed by atoms with van der Waals surface area (Å²) >= 11 is 0. The molecule has 0 bridgehead atoms. The van der Waals surface area contributed by atoms with Gasteiger partial charge in [-0.3, -0.25) is 4.79 Å². The molecule has 1 saturated carbocycles. The third kappa shape index (κ3) is 6.96. The molecular weight excluding hydrogens is 364 g/mol. The van der Waals surface area contributed by atoms with Crippen molar-refractivity contribution in [3.63, 3.8) is 0 Å². The van der Waals surface area contributed by atoms with Gasteiger partial charge in [0.2, 0.25) is 0 Å². The second kappa shape index (κ2) is 11.7. The van der Waals surface area contributed by atoms with E-state index in [1.165, 1.54) is 44.9 Å². The molecule has 2 N–H and O–H groups in total. The van der Waals surface area contributed by atoms with Crippen molar-refractivity contribution in [3.05, 3.63) is 41.6 Å². The average molecular weight is 399 g/mol.